The molecule has 3 rings (SSSR count). The van der Waals surface area contributed by atoms with Crippen LogP contribution in [0.3, 0.4) is 0 Å². The standard InChI is InChI=1S/C20H20N2O4/c1-13(23)14-4-3-5-16(10-14)21-20(25)15-11-19(24)22(12-15)17-6-8-18(26-2)9-7-17/h3-10,15H,11-12H2,1-2H3,(H,21,25). The maximum absolute atomic E-state index is 12.5. The third kappa shape index (κ3) is 3.74. The van der Waals surface area contributed by atoms with Crippen LogP contribution in [0, 0.1) is 5.92 Å². The first kappa shape index (κ1) is 17.7. The second kappa shape index (κ2) is 7.39. The van der Waals surface area contributed by atoms with Gasteiger partial charge in [0, 0.05) is 29.9 Å². The van der Waals surface area contributed by atoms with E-state index in [0.29, 0.717) is 23.5 Å². The van der Waals surface area contributed by atoms with E-state index in [1.54, 1.807) is 60.5 Å². The Morgan fingerprint density at radius 3 is 2.54 bits per heavy atom. The molecule has 1 aliphatic rings. The van der Waals surface area contributed by atoms with Crippen molar-refractivity contribution in [3.8, 4) is 5.75 Å². The van der Waals surface area contributed by atoms with Gasteiger partial charge in [0.25, 0.3) is 0 Å². The predicted octanol–water partition coefficient (Wildman–Crippen LogP) is 2.89. The van der Waals surface area contributed by atoms with Gasteiger partial charge in [0.05, 0.1) is 13.0 Å². The number of nitrogens with zero attached hydrogens (tertiary/aromatic N) is 1. The Labute approximate surface area is 151 Å². The van der Waals surface area contributed by atoms with E-state index < -0.39 is 5.92 Å². The summed E-state index contributed by atoms with van der Waals surface area (Å²) in [6.45, 7) is 1.80. The van der Waals surface area contributed by atoms with Crippen molar-refractivity contribution >= 4 is 29.0 Å². The molecule has 0 spiro atoms. The molecule has 6 nitrogen and oxygen atoms in total. The highest BCUT2D eigenvalue weighted by atomic mass is 16.5. The lowest BCUT2D eigenvalue weighted by molar-refractivity contribution is -0.122. The molecule has 0 aromatic heterocycles. The second-order valence-corrected chi connectivity index (χ2v) is 6.23. The number of anilines is 2. The van der Waals surface area contributed by atoms with E-state index in [4.69, 9.17) is 4.74 Å². The molecule has 0 saturated carbocycles. The van der Waals surface area contributed by atoms with Crippen LogP contribution in [0.1, 0.15) is 23.7 Å². The normalized spacial score (nSPS) is 16.5. The van der Waals surface area contributed by atoms with Crippen LogP contribution in [0.5, 0.6) is 5.75 Å². The van der Waals surface area contributed by atoms with Crippen molar-refractivity contribution in [2.24, 2.45) is 5.92 Å². The van der Waals surface area contributed by atoms with Gasteiger partial charge in [-0.3, -0.25) is 14.4 Å². The highest BCUT2D eigenvalue weighted by Gasteiger charge is 2.35. The lowest BCUT2D eigenvalue weighted by Gasteiger charge is -2.17. The molecule has 2 aromatic carbocycles. The average molecular weight is 352 g/mol. The predicted molar refractivity (Wildman–Crippen MR) is 98.5 cm³/mol. The molecular weight excluding hydrogens is 332 g/mol. The highest BCUT2D eigenvalue weighted by Crippen LogP contribution is 2.27. The van der Waals surface area contributed by atoms with Crippen molar-refractivity contribution in [3.63, 3.8) is 0 Å². The molecule has 2 amide bonds. The molecule has 1 N–H and O–H groups in total. The number of ether oxygens (including phenoxy) is 1. The van der Waals surface area contributed by atoms with E-state index in [9.17, 15) is 14.4 Å². The third-order valence-electron chi connectivity index (χ3n) is 4.42. The van der Waals surface area contributed by atoms with Crippen molar-refractivity contribution < 1.29 is 19.1 Å². The summed E-state index contributed by atoms with van der Waals surface area (Å²) in [6, 6.07) is 13.9. The molecule has 1 atom stereocenters. The maximum Gasteiger partial charge on any atom is 0.229 e. The molecule has 134 valence electrons. The van der Waals surface area contributed by atoms with Crippen molar-refractivity contribution in [1.29, 1.82) is 0 Å². The van der Waals surface area contributed by atoms with Crippen LogP contribution < -0.4 is 15.0 Å². The van der Waals surface area contributed by atoms with E-state index in [0.717, 1.165) is 5.69 Å². The fraction of sp³-hybridized carbons (Fsp3) is 0.250. The lowest BCUT2D eigenvalue weighted by Crippen LogP contribution is -2.28. The minimum absolute atomic E-state index is 0.0668. The summed E-state index contributed by atoms with van der Waals surface area (Å²) >= 11 is 0. The van der Waals surface area contributed by atoms with Gasteiger partial charge in [0.15, 0.2) is 5.78 Å². The molecule has 26 heavy (non-hydrogen) atoms. The fourth-order valence-electron chi connectivity index (χ4n) is 2.96. The van der Waals surface area contributed by atoms with Crippen LogP contribution in [0.4, 0.5) is 11.4 Å². The first-order chi connectivity index (χ1) is 12.5. The number of nitrogens with one attached hydrogen (secondary N) is 1. The molecule has 0 radical (unpaired) electrons. The minimum atomic E-state index is -0.439. The fourth-order valence-corrected chi connectivity index (χ4v) is 2.96. The molecule has 1 fully saturated rings. The van der Waals surface area contributed by atoms with Crippen LogP contribution in [0.2, 0.25) is 0 Å². The minimum Gasteiger partial charge on any atom is -0.497 e. The topological polar surface area (TPSA) is 75.7 Å². The van der Waals surface area contributed by atoms with Gasteiger partial charge in [-0.25, -0.2) is 0 Å². The van der Waals surface area contributed by atoms with Crippen LogP contribution in [-0.4, -0.2) is 31.3 Å². The number of hydrogen-bond acceptors (Lipinski definition) is 4. The van der Waals surface area contributed by atoms with Crippen molar-refractivity contribution in [2.75, 3.05) is 23.9 Å². The number of amides is 2. The van der Waals surface area contributed by atoms with Gasteiger partial charge in [0.2, 0.25) is 11.8 Å². The molecular formula is C20H20N2O4. The number of Topliss-reactive ketones (excluding diaryl/α,β-unsaturated/α-hetero) is 1. The van der Waals surface area contributed by atoms with E-state index in [1.165, 1.54) is 6.92 Å². The molecule has 6 heteroatoms. The number of carbonyl (C=O) groups excluding carboxylic acids is 3. The smallest absolute Gasteiger partial charge is 0.229 e. The Hall–Kier alpha value is -3.15. The zero-order valence-electron chi connectivity index (χ0n) is 14.7. The van der Waals surface area contributed by atoms with Crippen LogP contribution in [-0.2, 0) is 9.59 Å². The van der Waals surface area contributed by atoms with Crippen molar-refractivity contribution in [1.82, 2.24) is 0 Å². The number of benzene rings is 2. The van der Waals surface area contributed by atoms with E-state index in [-0.39, 0.29) is 24.0 Å². The van der Waals surface area contributed by atoms with E-state index in [2.05, 4.69) is 5.32 Å². The number of rotatable bonds is 5. The van der Waals surface area contributed by atoms with E-state index >= 15 is 0 Å². The largest absolute Gasteiger partial charge is 0.497 e. The first-order valence-electron chi connectivity index (χ1n) is 8.34. The molecule has 1 heterocycles. The third-order valence-corrected chi connectivity index (χ3v) is 4.42. The molecule has 0 aliphatic carbocycles. The summed E-state index contributed by atoms with van der Waals surface area (Å²) in [5.41, 5.74) is 1.83. The van der Waals surface area contributed by atoms with E-state index in [1.807, 2.05) is 0 Å². The summed E-state index contributed by atoms with van der Waals surface area (Å²) in [7, 11) is 1.58. The van der Waals surface area contributed by atoms with Gasteiger partial charge in [-0.05, 0) is 43.3 Å². The highest BCUT2D eigenvalue weighted by molar-refractivity contribution is 6.04. The molecule has 1 saturated heterocycles. The zero-order valence-corrected chi connectivity index (χ0v) is 14.7. The number of carbonyl (C=O) groups is 3. The van der Waals surface area contributed by atoms with Gasteiger partial charge in [-0.1, -0.05) is 12.1 Å². The molecule has 2 aromatic rings. The number of ketones is 1. The monoisotopic (exact) mass is 352 g/mol. The summed E-state index contributed by atoms with van der Waals surface area (Å²) < 4.78 is 5.12. The summed E-state index contributed by atoms with van der Waals surface area (Å²) in [5, 5.41) is 2.80. The van der Waals surface area contributed by atoms with Gasteiger partial charge in [0.1, 0.15) is 5.75 Å². The molecule has 1 aliphatic heterocycles. The van der Waals surface area contributed by atoms with Gasteiger partial charge < -0.3 is 15.0 Å². The maximum atomic E-state index is 12.5. The lowest BCUT2D eigenvalue weighted by atomic mass is 10.1. The van der Waals surface area contributed by atoms with Gasteiger partial charge in [-0.2, -0.15) is 0 Å². The Morgan fingerprint density at radius 1 is 1.15 bits per heavy atom. The summed E-state index contributed by atoms with van der Waals surface area (Å²) in [6.07, 6.45) is 0.157. The SMILES string of the molecule is COc1ccc(N2CC(C(=O)Nc3cccc(C(C)=O)c3)CC2=O)cc1. The Bertz CT molecular complexity index is 845. The molecule has 0 bridgehead atoms. The second-order valence-electron chi connectivity index (χ2n) is 6.23. The Kier molecular flexibility index (Phi) is 5.02. The Balaban J connectivity index is 1.68. The summed E-state index contributed by atoms with van der Waals surface area (Å²) in [4.78, 5) is 37.9. The van der Waals surface area contributed by atoms with Crippen LogP contribution in [0.25, 0.3) is 0 Å². The number of hydrogen-bond donors (Lipinski definition) is 1. The quantitative estimate of drug-likeness (QED) is 0.840. The van der Waals surface area contributed by atoms with Gasteiger partial charge >= 0.3 is 0 Å². The first-order valence-corrected chi connectivity index (χ1v) is 8.34. The molecule has 1 unspecified atom stereocenters. The van der Waals surface area contributed by atoms with Crippen molar-refractivity contribution in [2.45, 2.75) is 13.3 Å². The zero-order chi connectivity index (χ0) is 18.7. The Morgan fingerprint density at radius 2 is 1.88 bits per heavy atom. The summed E-state index contributed by atoms with van der Waals surface area (Å²) in [5.74, 6) is -0.115. The van der Waals surface area contributed by atoms with Gasteiger partial charge in [-0.15, -0.1) is 0 Å². The van der Waals surface area contributed by atoms with Crippen molar-refractivity contribution in [3.05, 3.63) is 54.1 Å². The average Bonchev–Trinajstić information content (AvgIpc) is 3.04. The van der Waals surface area contributed by atoms with Crippen LogP contribution >= 0.6 is 0 Å². The van der Waals surface area contributed by atoms with Crippen LogP contribution in [0.15, 0.2) is 48.5 Å². The number of methoxy groups -OCH3 is 1.